The second kappa shape index (κ2) is 7.24. The molecule has 2 N–H and O–H groups in total. The molecule has 4 nitrogen and oxygen atoms in total. The van der Waals surface area contributed by atoms with Gasteiger partial charge in [0.15, 0.2) is 0 Å². The van der Waals surface area contributed by atoms with Gasteiger partial charge >= 0.3 is 0 Å². The van der Waals surface area contributed by atoms with Crippen molar-refractivity contribution in [1.82, 2.24) is 9.80 Å². The van der Waals surface area contributed by atoms with E-state index < -0.39 is 0 Å². The van der Waals surface area contributed by atoms with Crippen LogP contribution in [0, 0.1) is 0 Å². The van der Waals surface area contributed by atoms with Crippen molar-refractivity contribution in [3.05, 3.63) is 64.7 Å². The van der Waals surface area contributed by atoms with E-state index in [-0.39, 0.29) is 11.9 Å². The van der Waals surface area contributed by atoms with Crippen LogP contribution in [0.2, 0.25) is 5.02 Å². The maximum absolute atomic E-state index is 12.6. The van der Waals surface area contributed by atoms with Crippen LogP contribution in [0.3, 0.4) is 0 Å². The summed E-state index contributed by atoms with van der Waals surface area (Å²) in [6.07, 6.45) is 0. The summed E-state index contributed by atoms with van der Waals surface area (Å²) in [4.78, 5) is 16.8. The molecule has 0 aromatic heterocycles. The second-order valence-electron chi connectivity index (χ2n) is 6.15. The maximum Gasteiger partial charge on any atom is 0.253 e. The van der Waals surface area contributed by atoms with Gasteiger partial charge in [0, 0.05) is 48.5 Å². The van der Waals surface area contributed by atoms with Crippen LogP contribution in [-0.2, 0) is 0 Å². The Kier molecular flexibility index (Phi) is 5.07. The van der Waals surface area contributed by atoms with Crippen molar-refractivity contribution in [2.45, 2.75) is 13.0 Å². The lowest BCUT2D eigenvalue weighted by Gasteiger charge is -2.38. The molecule has 2 aromatic rings. The van der Waals surface area contributed by atoms with Gasteiger partial charge in [-0.2, -0.15) is 0 Å². The number of hydrogen-bond acceptors (Lipinski definition) is 3. The third-order valence-electron chi connectivity index (χ3n) is 4.66. The van der Waals surface area contributed by atoms with Crippen LogP contribution in [0.1, 0.15) is 28.9 Å². The van der Waals surface area contributed by atoms with Crippen LogP contribution in [0.5, 0.6) is 0 Å². The molecule has 1 unspecified atom stereocenters. The molecule has 0 bridgehead atoms. The topological polar surface area (TPSA) is 49.6 Å². The Balaban J connectivity index is 1.62. The zero-order chi connectivity index (χ0) is 17.1. The highest BCUT2D eigenvalue weighted by molar-refractivity contribution is 6.31. The molecule has 1 heterocycles. The van der Waals surface area contributed by atoms with Crippen molar-refractivity contribution in [1.29, 1.82) is 0 Å². The first kappa shape index (κ1) is 16.8. The number of nitrogen functional groups attached to an aromatic ring is 1. The number of carbonyl (C=O) groups is 1. The van der Waals surface area contributed by atoms with Crippen LogP contribution in [0.15, 0.2) is 48.5 Å². The minimum atomic E-state index is 0.0695. The number of nitrogens with two attached hydrogens (primary N) is 1. The fraction of sp³-hybridized carbons (Fsp3) is 0.316. The molecule has 1 saturated heterocycles. The number of nitrogens with zero attached hydrogens (tertiary/aromatic N) is 2. The van der Waals surface area contributed by atoms with E-state index >= 15 is 0 Å². The second-order valence-corrected chi connectivity index (χ2v) is 6.55. The van der Waals surface area contributed by atoms with Gasteiger partial charge in [-0.3, -0.25) is 9.69 Å². The average molecular weight is 344 g/mol. The van der Waals surface area contributed by atoms with Crippen molar-refractivity contribution >= 4 is 23.2 Å². The number of piperazine rings is 1. The maximum atomic E-state index is 12.6. The molecule has 0 spiro atoms. The number of amides is 1. The summed E-state index contributed by atoms with van der Waals surface area (Å²) in [5, 5.41) is 0.797. The highest BCUT2D eigenvalue weighted by atomic mass is 35.5. The zero-order valence-electron chi connectivity index (χ0n) is 13.8. The zero-order valence-corrected chi connectivity index (χ0v) is 14.5. The molecule has 3 rings (SSSR count). The van der Waals surface area contributed by atoms with Gasteiger partial charge in [-0.15, -0.1) is 0 Å². The normalized spacial score (nSPS) is 16.8. The SMILES string of the molecule is CC(c1ccccc1Cl)N1CCN(C(=O)c2ccc(N)cc2)CC1. The first-order chi connectivity index (χ1) is 11.6. The van der Waals surface area contributed by atoms with Crippen molar-refractivity contribution in [3.8, 4) is 0 Å². The molecule has 126 valence electrons. The monoisotopic (exact) mass is 343 g/mol. The minimum absolute atomic E-state index is 0.0695. The third-order valence-corrected chi connectivity index (χ3v) is 5.01. The first-order valence-electron chi connectivity index (χ1n) is 8.19. The van der Waals surface area contributed by atoms with Crippen molar-refractivity contribution in [3.63, 3.8) is 0 Å². The molecule has 1 aliphatic rings. The highest BCUT2D eigenvalue weighted by Gasteiger charge is 2.26. The van der Waals surface area contributed by atoms with Crippen LogP contribution in [0.25, 0.3) is 0 Å². The van der Waals surface area contributed by atoms with E-state index in [0.717, 1.165) is 36.8 Å². The molecular weight excluding hydrogens is 322 g/mol. The Morgan fingerprint density at radius 2 is 1.67 bits per heavy atom. The highest BCUT2D eigenvalue weighted by Crippen LogP contribution is 2.28. The molecule has 1 aliphatic heterocycles. The molecule has 0 radical (unpaired) electrons. The summed E-state index contributed by atoms with van der Waals surface area (Å²) in [5.74, 6) is 0.0695. The minimum Gasteiger partial charge on any atom is -0.399 e. The van der Waals surface area contributed by atoms with E-state index in [9.17, 15) is 4.79 Å². The Morgan fingerprint density at radius 3 is 2.29 bits per heavy atom. The molecule has 2 aromatic carbocycles. The lowest BCUT2D eigenvalue weighted by Crippen LogP contribution is -2.49. The van der Waals surface area contributed by atoms with Gasteiger partial charge in [0.05, 0.1) is 0 Å². The van der Waals surface area contributed by atoms with Gasteiger partial charge < -0.3 is 10.6 Å². The van der Waals surface area contributed by atoms with Gasteiger partial charge in [-0.25, -0.2) is 0 Å². The number of carbonyl (C=O) groups excluding carboxylic acids is 1. The fourth-order valence-electron chi connectivity index (χ4n) is 3.13. The van der Waals surface area contributed by atoms with E-state index in [2.05, 4.69) is 17.9 Å². The molecule has 24 heavy (non-hydrogen) atoms. The number of anilines is 1. The summed E-state index contributed by atoms with van der Waals surface area (Å²) in [6.45, 7) is 5.29. The van der Waals surface area contributed by atoms with Gasteiger partial charge in [-0.05, 0) is 42.8 Å². The van der Waals surface area contributed by atoms with Crippen molar-refractivity contribution in [2.24, 2.45) is 0 Å². The van der Waals surface area contributed by atoms with E-state index in [0.29, 0.717) is 11.3 Å². The number of rotatable bonds is 3. The summed E-state index contributed by atoms with van der Waals surface area (Å²) < 4.78 is 0. The van der Waals surface area contributed by atoms with Gasteiger partial charge in [0.25, 0.3) is 5.91 Å². The van der Waals surface area contributed by atoms with E-state index in [4.69, 9.17) is 17.3 Å². The van der Waals surface area contributed by atoms with E-state index in [1.165, 1.54) is 0 Å². The first-order valence-corrected chi connectivity index (χ1v) is 8.57. The van der Waals surface area contributed by atoms with Crippen LogP contribution < -0.4 is 5.73 Å². The largest absolute Gasteiger partial charge is 0.399 e. The summed E-state index contributed by atoms with van der Waals surface area (Å²) in [5.41, 5.74) is 8.18. The Bertz CT molecular complexity index is 709. The quantitative estimate of drug-likeness (QED) is 0.868. The molecule has 0 aliphatic carbocycles. The smallest absolute Gasteiger partial charge is 0.253 e. The van der Waals surface area contributed by atoms with E-state index in [1.54, 1.807) is 24.3 Å². The summed E-state index contributed by atoms with van der Waals surface area (Å²) in [6, 6.07) is 15.3. The molecule has 5 heteroatoms. The van der Waals surface area contributed by atoms with Crippen molar-refractivity contribution < 1.29 is 4.79 Å². The predicted octanol–water partition coefficient (Wildman–Crippen LogP) is 3.44. The Labute approximate surface area is 147 Å². The molecule has 1 atom stereocenters. The molecule has 1 fully saturated rings. The van der Waals surface area contributed by atoms with Gasteiger partial charge in [0.2, 0.25) is 0 Å². The molecular formula is C19H22ClN3O. The number of halogens is 1. The Morgan fingerprint density at radius 1 is 1.04 bits per heavy atom. The van der Waals surface area contributed by atoms with Gasteiger partial charge in [-0.1, -0.05) is 29.8 Å². The average Bonchev–Trinajstić information content (AvgIpc) is 2.62. The van der Waals surface area contributed by atoms with Gasteiger partial charge in [0.1, 0.15) is 0 Å². The van der Waals surface area contributed by atoms with E-state index in [1.807, 2.05) is 23.1 Å². The van der Waals surface area contributed by atoms with Crippen LogP contribution in [0.4, 0.5) is 5.69 Å². The molecule has 0 saturated carbocycles. The summed E-state index contributed by atoms with van der Waals surface area (Å²) in [7, 11) is 0. The lowest BCUT2D eigenvalue weighted by molar-refractivity contribution is 0.0582. The number of benzene rings is 2. The van der Waals surface area contributed by atoms with Crippen LogP contribution >= 0.6 is 11.6 Å². The van der Waals surface area contributed by atoms with Crippen molar-refractivity contribution in [2.75, 3.05) is 31.9 Å². The standard InChI is InChI=1S/C19H22ClN3O/c1-14(17-4-2-3-5-18(17)20)22-10-12-23(13-11-22)19(24)15-6-8-16(21)9-7-15/h2-9,14H,10-13,21H2,1H3. The lowest BCUT2D eigenvalue weighted by atomic mass is 10.1. The predicted molar refractivity (Wildman–Crippen MR) is 98.2 cm³/mol. The number of hydrogen-bond donors (Lipinski definition) is 1. The van der Waals surface area contributed by atoms with Crippen LogP contribution in [-0.4, -0.2) is 41.9 Å². The summed E-state index contributed by atoms with van der Waals surface area (Å²) >= 11 is 6.31. The Hall–Kier alpha value is -2.04. The molecule has 1 amide bonds. The third kappa shape index (κ3) is 3.55. The fourth-order valence-corrected chi connectivity index (χ4v) is 3.42.